The molecule has 3 aromatic rings. The zero-order valence-corrected chi connectivity index (χ0v) is 22.1. The van der Waals surface area contributed by atoms with Gasteiger partial charge in [-0.25, -0.2) is 0 Å². The second-order valence-electron chi connectivity index (χ2n) is 8.47. The second kappa shape index (κ2) is 12.2. The smallest absolute Gasteiger partial charge is 0.254 e. The van der Waals surface area contributed by atoms with Crippen LogP contribution in [0, 0.1) is 11.3 Å². The van der Waals surface area contributed by atoms with E-state index in [0.717, 1.165) is 17.7 Å². The maximum Gasteiger partial charge on any atom is 0.254 e. The number of nitrogens with zero attached hydrogens (tertiary/aromatic N) is 1. The molecule has 0 bridgehead atoms. The summed E-state index contributed by atoms with van der Waals surface area (Å²) in [6.07, 6.45) is 2.30. The van der Waals surface area contributed by atoms with E-state index < -0.39 is 11.8 Å². The Morgan fingerprint density at radius 1 is 1.08 bits per heavy atom. The molecule has 0 spiro atoms. The van der Waals surface area contributed by atoms with Gasteiger partial charge in [-0.05, 0) is 49.2 Å². The van der Waals surface area contributed by atoms with Crippen LogP contribution in [-0.4, -0.2) is 24.7 Å². The van der Waals surface area contributed by atoms with Crippen molar-refractivity contribution in [3.8, 4) is 11.8 Å². The quantitative estimate of drug-likeness (QED) is 0.333. The van der Waals surface area contributed by atoms with Crippen LogP contribution >= 0.6 is 11.8 Å². The molecular weight excluding hydrogens is 500 g/mol. The minimum atomic E-state index is -0.752. The molecule has 0 aliphatic carbocycles. The molecule has 0 saturated heterocycles. The molecule has 1 aromatic heterocycles. The van der Waals surface area contributed by atoms with E-state index >= 15 is 0 Å². The Balaban J connectivity index is 1.59. The summed E-state index contributed by atoms with van der Waals surface area (Å²) in [4.78, 5) is 26.3. The van der Waals surface area contributed by atoms with E-state index in [1.807, 2.05) is 37.3 Å². The summed E-state index contributed by atoms with van der Waals surface area (Å²) in [5.41, 5.74) is 3.50. The van der Waals surface area contributed by atoms with Gasteiger partial charge in [0.25, 0.3) is 5.91 Å². The SMILES string of the molecule is CCc1ccccc1NC(=O)CSC1=C(C#N)[C@H](c2ccco2)C(C(=O)Nc2ccccc2OC)=C(C)N1. The van der Waals surface area contributed by atoms with Crippen LogP contribution in [0.3, 0.4) is 0 Å². The van der Waals surface area contributed by atoms with E-state index in [-0.39, 0.29) is 11.7 Å². The Kier molecular flexibility index (Phi) is 8.56. The highest BCUT2D eigenvalue weighted by Gasteiger charge is 2.36. The highest BCUT2D eigenvalue weighted by Crippen LogP contribution is 2.41. The van der Waals surface area contributed by atoms with Gasteiger partial charge in [-0.2, -0.15) is 5.26 Å². The molecule has 38 heavy (non-hydrogen) atoms. The van der Waals surface area contributed by atoms with Crippen molar-refractivity contribution < 1.29 is 18.7 Å². The lowest BCUT2D eigenvalue weighted by Gasteiger charge is -2.28. The highest BCUT2D eigenvalue weighted by molar-refractivity contribution is 8.03. The van der Waals surface area contributed by atoms with Crippen molar-refractivity contribution >= 4 is 35.0 Å². The monoisotopic (exact) mass is 528 g/mol. The molecule has 1 aliphatic rings. The van der Waals surface area contributed by atoms with Crippen molar-refractivity contribution in [2.75, 3.05) is 23.5 Å². The number of carbonyl (C=O) groups is 2. The number of dihydropyridines is 1. The highest BCUT2D eigenvalue weighted by atomic mass is 32.2. The van der Waals surface area contributed by atoms with Crippen molar-refractivity contribution in [3.05, 3.63) is 100 Å². The normalized spacial score (nSPS) is 14.9. The number of furan rings is 1. The van der Waals surface area contributed by atoms with E-state index in [1.54, 1.807) is 37.3 Å². The Morgan fingerprint density at radius 3 is 2.50 bits per heavy atom. The first-order chi connectivity index (χ1) is 18.5. The number of carbonyl (C=O) groups excluding carboxylic acids is 2. The molecule has 194 valence electrons. The zero-order valence-electron chi connectivity index (χ0n) is 21.3. The van der Waals surface area contributed by atoms with Gasteiger partial charge < -0.3 is 25.1 Å². The van der Waals surface area contributed by atoms with Gasteiger partial charge in [-0.15, -0.1) is 0 Å². The molecule has 2 amide bonds. The number of rotatable bonds is 9. The molecule has 4 rings (SSSR count). The molecule has 0 unspecified atom stereocenters. The lowest BCUT2D eigenvalue weighted by molar-refractivity contribution is -0.114. The number of para-hydroxylation sites is 3. The van der Waals surface area contributed by atoms with Crippen LogP contribution in [0.5, 0.6) is 5.75 Å². The average molecular weight is 529 g/mol. The van der Waals surface area contributed by atoms with Gasteiger partial charge in [-0.3, -0.25) is 9.59 Å². The number of thioether (sulfide) groups is 1. The molecule has 0 fully saturated rings. The summed E-state index contributed by atoms with van der Waals surface area (Å²) in [6, 6.07) is 20.4. The predicted molar refractivity (Wildman–Crippen MR) is 148 cm³/mol. The van der Waals surface area contributed by atoms with Crippen molar-refractivity contribution in [1.82, 2.24) is 5.32 Å². The molecule has 1 atom stereocenters. The summed E-state index contributed by atoms with van der Waals surface area (Å²) in [6.45, 7) is 3.79. The van der Waals surface area contributed by atoms with Gasteiger partial charge in [0.1, 0.15) is 11.5 Å². The van der Waals surface area contributed by atoms with E-state index in [1.165, 1.54) is 25.1 Å². The van der Waals surface area contributed by atoms with Crippen LogP contribution in [0.1, 0.15) is 31.1 Å². The number of benzene rings is 2. The number of allylic oxidation sites excluding steroid dienone is 2. The maximum absolute atomic E-state index is 13.5. The van der Waals surface area contributed by atoms with E-state index in [2.05, 4.69) is 22.0 Å². The number of hydrogen-bond donors (Lipinski definition) is 3. The minimum absolute atomic E-state index is 0.0759. The van der Waals surface area contributed by atoms with Crippen LogP contribution in [-0.2, 0) is 16.0 Å². The first-order valence-corrected chi connectivity index (χ1v) is 13.1. The van der Waals surface area contributed by atoms with Crippen LogP contribution in [0.25, 0.3) is 0 Å². The van der Waals surface area contributed by atoms with Crippen molar-refractivity contribution in [3.63, 3.8) is 0 Å². The third kappa shape index (κ3) is 5.76. The number of hydrogen-bond acceptors (Lipinski definition) is 7. The first-order valence-electron chi connectivity index (χ1n) is 12.1. The van der Waals surface area contributed by atoms with Crippen LogP contribution in [0.2, 0.25) is 0 Å². The number of ether oxygens (including phenoxy) is 1. The maximum atomic E-state index is 13.5. The van der Waals surface area contributed by atoms with Crippen molar-refractivity contribution in [1.29, 1.82) is 5.26 Å². The summed E-state index contributed by atoms with van der Waals surface area (Å²) < 4.78 is 11.0. The fraction of sp³-hybridized carbons (Fsp3) is 0.207. The van der Waals surface area contributed by atoms with Gasteiger partial charge in [0, 0.05) is 11.4 Å². The molecular formula is C29H28N4O4S. The Bertz CT molecular complexity index is 1440. The van der Waals surface area contributed by atoms with Gasteiger partial charge in [-0.1, -0.05) is 49.0 Å². The molecule has 3 N–H and O–H groups in total. The third-order valence-corrected chi connectivity index (χ3v) is 7.11. The molecule has 0 radical (unpaired) electrons. The van der Waals surface area contributed by atoms with E-state index in [9.17, 15) is 14.9 Å². The Labute approximate surface area is 225 Å². The summed E-state index contributed by atoms with van der Waals surface area (Å²) >= 11 is 1.21. The number of nitriles is 1. The topological polar surface area (TPSA) is 116 Å². The van der Waals surface area contributed by atoms with Gasteiger partial charge in [0.2, 0.25) is 5.91 Å². The summed E-state index contributed by atoms with van der Waals surface area (Å²) in [5.74, 6) is -0.304. The number of aryl methyl sites for hydroxylation is 1. The van der Waals surface area contributed by atoms with Gasteiger partial charge in [0.05, 0.1) is 53.0 Å². The minimum Gasteiger partial charge on any atom is -0.495 e. The Morgan fingerprint density at radius 2 is 1.82 bits per heavy atom. The Hall–Kier alpha value is -4.42. The molecule has 0 saturated carbocycles. The summed E-state index contributed by atoms with van der Waals surface area (Å²) in [5, 5.41) is 19.7. The number of anilines is 2. The number of methoxy groups -OCH3 is 1. The molecule has 2 aromatic carbocycles. The number of nitrogens with one attached hydrogen (secondary N) is 3. The molecule has 1 aliphatic heterocycles. The lowest BCUT2D eigenvalue weighted by Crippen LogP contribution is -2.31. The second-order valence-corrected chi connectivity index (χ2v) is 9.45. The van der Waals surface area contributed by atoms with Crippen LogP contribution in [0.15, 0.2) is 93.2 Å². The average Bonchev–Trinajstić information content (AvgIpc) is 3.46. The first kappa shape index (κ1) is 26.6. The fourth-order valence-corrected chi connectivity index (χ4v) is 5.17. The molecule has 9 heteroatoms. The van der Waals surface area contributed by atoms with Crippen molar-refractivity contribution in [2.24, 2.45) is 0 Å². The van der Waals surface area contributed by atoms with E-state index in [0.29, 0.717) is 39.1 Å². The predicted octanol–water partition coefficient (Wildman–Crippen LogP) is 5.56. The number of amides is 2. The van der Waals surface area contributed by atoms with Gasteiger partial charge >= 0.3 is 0 Å². The zero-order chi connectivity index (χ0) is 27.1. The van der Waals surface area contributed by atoms with Crippen molar-refractivity contribution in [2.45, 2.75) is 26.2 Å². The van der Waals surface area contributed by atoms with Crippen LogP contribution in [0.4, 0.5) is 11.4 Å². The lowest BCUT2D eigenvalue weighted by atomic mass is 9.85. The standard InChI is InChI=1S/C29H28N4O4S/c1-4-19-10-5-6-11-21(19)32-25(34)17-38-29-20(16-30)27(24-14-9-15-37-24)26(18(2)31-29)28(35)33-22-12-7-8-13-23(22)36-3/h5-15,27,31H,4,17H2,1-3H3,(H,32,34)(H,33,35)/t27-/m1/s1. The van der Waals surface area contributed by atoms with Gasteiger partial charge in [0.15, 0.2) is 0 Å². The fourth-order valence-electron chi connectivity index (χ4n) is 4.28. The summed E-state index contributed by atoms with van der Waals surface area (Å²) in [7, 11) is 1.53. The third-order valence-electron chi connectivity index (χ3n) is 6.09. The van der Waals surface area contributed by atoms with E-state index in [4.69, 9.17) is 9.15 Å². The molecule has 8 nitrogen and oxygen atoms in total. The largest absolute Gasteiger partial charge is 0.495 e. The van der Waals surface area contributed by atoms with Crippen LogP contribution < -0.4 is 20.7 Å². The molecule has 2 heterocycles.